The number of nitrogens with zero attached hydrogens (tertiary/aromatic N) is 1. The second kappa shape index (κ2) is 20.5. The number of carboxylic acids is 2. The van der Waals surface area contributed by atoms with Gasteiger partial charge in [0.05, 0.1) is 43.0 Å². The van der Waals surface area contributed by atoms with E-state index < -0.39 is 40.3 Å². The van der Waals surface area contributed by atoms with Crippen LogP contribution in [0.3, 0.4) is 0 Å². The van der Waals surface area contributed by atoms with Crippen molar-refractivity contribution in [2.75, 3.05) is 46.1 Å². The average molecular weight is 766 g/mol. The van der Waals surface area contributed by atoms with Crippen molar-refractivity contribution in [1.82, 2.24) is 10.6 Å². The maximum Gasteiger partial charge on any atom is 0.333 e. The highest BCUT2D eigenvalue weighted by Gasteiger charge is 2.56. The lowest BCUT2D eigenvalue weighted by Gasteiger charge is -2.46. The van der Waals surface area contributed by atoms with E-state index >= 15 is 0 Å². The van der Waals surface area contributed by atoms with Crippen molar-refractivity contribution in [3.63, 3.8) is 0 Å². The van der Waals surface area contributed by atoms with Crippen molar-refractivity contribution in [3.05, 3.63) is 105 Å². The van der Waals surface area contributed by atoms with Crippen LogP contribution in [0.1, 0.15) is 51.2 Å². The number of hydrogen-bond donors (Lipinski definition) is 5. The van der Waals surface area contributed by atoms with Crippen LogP contribution in [0.4, 0.5) is 5.69 Å². The number of hydrogen-bond acceptors (Lipinski definition) is 12. The average Bonchev–Trinajstić information content (AvgIpc) is 3.15. The molecule has 0 saturated heterocycles. The van der Waals surface area contributed by atoms with Crippen LogP contribution in [-0.2, 0) is 25.7 Å². The molecule has 3 aromatic rings. The number of aliphatic carboxylic acids is 2. The van der Waals surface area contributed by atoms with Gasteiger partial charge in [-0.1, -0.05) is 24.3 Å². The second-order valence-electron chi connectivity index (χ2n) is 13.5. The van der Waals surface area contributed by atoms with Crippen LogP contribution >= 0.6 is 0 Å². The molecule has 4 rings (SSSR count). The quantitative estimate of drug-likeness (QED) is 0.0494. The molecule has 4 unspecified atom stereocenters. The van der Waals surface area contributed by atoms with Gasteiger partial charge in [0, 0.05) is 49.3 Å². The molecule has 298 valence electrons. The lowest BCUT2D eigenvalue weighted by Crippen LogP contribution is -2.57. The minimum Gasteiger partial charge on any atom is -0.494 e. The Hall–Kier alpha value is -5.22. The van der Waals surface area contributed by atoms with Gasteiger partial charge in [0.1, 0.15) is 42.0 Å². The lowest BCUT2D eigenvalue weighted by atomic mass is 9.60. The van der Waals surface area contributed by atoms with Gasteiger partial charge in [-0.2, -0.15) is 0 Å². The van der Waals surface area contributed by atoms with Crippen molar-refractivity contribution in [2.24, 2.45) is 5.41 Å². The number of carboxylic acid groups (broad SMARTS) is 2. The zero-order chi connectivity index (χ0) is 40.0. The monoisotopic (exact) mass is 765 g/mol. The van der Waals surface area contributed by atoms with Gasteiger partial charge in [0.2, 0.25) is 0 Å². The summed E-state index contributed by atoms with van der Waals surface area (Å²) in [7, 11) is 0. The third-order valence-corrected chi connectivity index (χ3v) is 9.31. The molecule has 15 heteroatoms. The van der Waals surface area contributed by atoms with Crippen molar-refractivity contribution < 1.29 is 53.5 Å². The molecule has 0 spiro atoms. The highest BCUT2D eigenvalue weighted by Crippen LogP contribution is 2.51. The fraction of sp³-hybridized carbons (Fsp3) is 0.450. The third-order valence-electron chi connectivity index (χ3n) is 9.31. The first kappa shape index (κ1) is 42.5. The predicted octanol–water partition coefficient (Wildman–Crippen LogP) is 4.92. The summed E-state index contributed by atoms with van der Waals surface area (Å²) in [5.41, 5.74) is -0.652. The van der Waals surface area contributed by atoms with Gasteiger partial charge in [-0.25, -0.2) is 4.79 Å². The second-order valence-corrected chi connectivity index (χ2v) is 13.5. The summed E-state index contributed by atoms with van der Waals surface area (Å²) in [5.74, 6) is -2.12. The van der Waals surface area contributed by atoms with Crippen LogP contribution in [0.15, 0.2) is 84.1 Å². The number of aliphatic hydroxyl groups excluding tert-OH is 1. The van der Waals surface area contributed by atoms with Crippen LogP contribution in [0, 0.1) is 15.5 Å². The fourth-order valence-electron chi connectivity index (χ4n) is 6.54. The topological polar surface area (TPSA) is 208 Å². The van der Waals surface area contributed by atoms with Crippen LogP contribution < -0.4 is 24.8 Å². The van der Waals surface area contributed by atoms with E-state index in [0.29, 0.717) is 56.8 Å². The molecule has 0 aromatic heterocycles. The van der Waals surface area contributed by atoms with E-state index in [1.807, 2.05) is 38.1 Å². The smallest absolute Gasteiger partial charge is 0.333 e. The molecular weight excluding hydrogens is 714 g/mol. The van der Waals surface area contributed by atoms with Gasteiger partial charge < -0.3 is 49.6 Å². The SMILES string of the molecule is CC1=C(C(=O)O)C(c2cccc([N+](=O)[O-])c2)C(CCOc2ccc(OCCNCC(O)COc3ccc(COCCOC(C)C)cc3)cc2)(C(=O)O)C(C)N1. The van der Waals surface area contributed by atoms with Crippen LogP contribution in [0.5, 0.6) is 17.2 Å². The summed E-state index contributed by atoms with van der Waals surface area (Å²) in [5, 5.41) is 48.9. The molecule has 1 aliphatic heterocycles. The number of nitrogens with one attached hydrogen (secondary N) is 2. The third kappa shape index (κ3) is 11.9. The largest absolute Gasteiger partial charge is 0.494 e. The first-order chi connectivity index (χ1) is 26.3. The van der Waals surface area contributed by atoms with Crippen LogP contribution in [0.2, 0.25) is 0 Å². The minimum absolute atomic E-state index is 0.0823. The molecule has 1 aliphatic rings. The molecule has 0 saturated carbocycles. The Kier molecular flexibility index (Phi) is 15.8. The Balaban J connectivity index is 1.22. The van der Waals surface area contributed by atoms with Gasteiger partial charge in [0.25, 0.3) is 5.69 Å². The molecule has 0 radical (unpaired) electrons. The van der Waals surface area contributed by atoms with Crippen molar-refractivity contribution >= 4 is 17.6 Å². The van der Waals surface area contributed by atoms with Gasteiger partial charge in [-0.3, -0.25) is 14.9 Å². The molecule has 1 heterocycles. The summed E-state index contributed by atoms with van der Waals surface area (Å²) >= 11 is 0. The van der Waals surface area contributed by atoms with Gasteiger partial charge in [0.15, 0.2) is 0 Å². The number of benzene rings is 3. The Bertz CT molecular complexity index is 1750. The van der Waals surface area contributed by atoms with E-state index in [9.17, 15) is 35.0 Å². The van der Waals surface area contributed by atoms with E-state index in [2.05, 4.69) is 10.6 Å². The standard InChI is InChI=1S/C40H51N3O12/c1-26(2)52-21-20-51-24-29-8-10-35(11-9-29)55-25-32(44)23-41-17-19-54-34-14-12-33(13-15-34)53-18-16-40(39(47)48)28(4)42-27(3)36(38(45)46)37(40)30-6-5-7-31(22-30)43(49)50/h5-15,22,26,28,32,37,41-42,44H,16-21,23-25H2,1-4H3,(H,45,46)(H,47,48). The maximum atomic E-state index is 13.1. The fourth-order valence-corrected chi connectivity index (χ4v) is 6.54. The molecule has 5 N–H and O–H groups in total. The van der Waals surface area contributed by atoms with E-state index in [4.69, 9.17) is 23.7 Å². The summed E-state index contributed by atoms with van der Waals surface area (Å²) in [4.78, 5) is 36.5. The van der Waals surface area contributed by atoms with E-state index in [0.717, 1.165) is 5.56 Å². The van der Waals surface area contributed by atoms with Crippen molar-refractivity contribution in [3.8, 4) is 17.2 Å². The number of nitro groups is 1. The number of rotatable bonds is 23. The van der Waals surface area contributed by atoms with E-state index in [1.54, 1.807) is 38.1 Å². The number of non-ortho nitro benzene ring substituents is 1. The highest BCUT2D eigenvalue weighted by molar-refractivity contribution is 5.93. The molecule has 4 atom stereocenters. The molecule has 0 aliphatic carbocycles. The number of aliphatic hydroxyl groups is 1. The summed E-state index contributed by atoms with van der Waals surface area (Å²) in [6.07, 6.45) is -0.660. The molecule has 3 aromatic carbocycles. The zero-order valence-electron chi connectivity index (χ0n) is 31.6. The molecule has 0 fully saturated rings. The molecule has 15 nitrogen and oxygen atoms in total. The number of carbonyl (C=O) groups is 2. The molecule has 0 amide bonds. The Morgan fingerprint density at radius 1 is 0.927 bits per heavy atom. The van der Waals surface area contributed by atoms with Gasteiger partial charge in [-0.15, -0.1) is 0 Å². The lowest BCUT2D eigenvalue weighted by molar-refractivity contribution is -0.384. The Morgan fingerprint density at radius 3 is 2.18 bits per heavy atom. The minimum atomic E-state index is -1.72. The maximum absolute atomic E-state index is 13.1. The summed E-state index contributed by atoms with van der Waals surface area (Å²) in [6.45, 7) is 9.85. The van der Waals surface area contributed by atoms with Gasteiger partial charge >= 0.3 is 11.9 Å². The molecule has 0 bridgehead atoms. The number of nitro benzene ring substituents is 1. The first-order valence-corrected chi connectivity index (χ1v) is 18.2. The van der Waals surface area contributed by atoms with Crippen LogP contribution in [-0.4, -0.2) is 96.6 Å². The Labute approximate surface area is 320 Å². The predicted molar refractivity (Wildman–Crippen MR) is 202 cm³/mol. The van der Waals surface area contributed by atoms with Crippen molar-refractivity contribution in [1.29, 1.82) is 0 Å². The van der Waals surface area contributed by atoms with Crippen LogP contribution in [0.25, 0.3) is 0 Å². The first-order valence-electron chi connectivity index (χ1n) is 18.2. The number of ether oxygens (including phenoxy) is 5. The van der Waals surface area contributed by atoms with Crippen molar-refractivity contribution in [2.45, 2.75) is 64.9 Å². The zero-order valence-corrected chi connectivity index (χ0v) is 31.6. The molecule has 55 heavy (non-hydrogen) atoms. The molecular formula is C40H51N3O12. The summed E-state index contributed by atoms with van der Waals surface area (Å²) < 4.78 is 28.5. The highest BCUT2D eigenvalue weighted by atomic mass is 16.6. The Morgan fingerprint density at radius 2 is 1.56 bits per heavy atom. The normalized spacial score (nSPS) is 18.7. The number of allylic oxidation sites excluding steroid dienone is 1. The summed E-state index contributed by atoms with van der Waals surface area (Å²) in [6, 6.07) is 18.9. The van der Waals surface area contributed by atoms with Gasteiger partial charge in [-0.05, 0) is 75.2 Å². The van der Waals surface area contributed by atoms with E-state index in [-0.39, 0.29) is 48.3 Å². The van der Waals surface area contributed by atoms with E-state index in [1.165, 1.54) is 24.3 Å².